The predicted molar refractivity (Wildman–Crippen MR) is 64.7 cm³/mol. The molecule has 1 amide bonds. The molecule has 17 heavy (non-hydrogen) atoms. The van der Waals surface area contributed by atoms with Crippen molar-refractivity contribution in [2.45, 2.75) is 18.9 Å². The van der Waals surface area contributed by atoms with E-state index in [0.29, 0.717) is 11.7 Å². The lowest BCUT2D eigenvalue weighted by Crippen LogP contribution is -2.32. The van der Waals surface area contributed by atoms with E-state index < -0.39 is 0 Å². The van der Waals surface area contributed by atoms with Gasteiger partial charge >= 0.3 is 0 Å². The molecular weight excluding hydrogens is 218 g/mol. The third-order valence-corrected chi connectivity index (χ3v) is 3.26. The fraction of sp³-hybridized carbons (Fsp3) is 0.583. The Morgan fingerprint density at radius 2 is 2.24 bits per heavy atom. The van der Waals surface area contributed by atoms with Gasteiger partial charge in [-0.15, -0.1) is 0 Å². The van der Waals surface area contributed by atoms with Gasteiger partial charge in [0.15, 0.2) is 0 Å². The highest BCUT2D eigenvalue weighted by Crippen LogP contribution is 2.21. The van der Waals surface area contributed by atoms with E-state index in [2.05, 4.69) is 9.88 Å². The number of hydrogen-bond donors (Lipinski definition) is 1. The highest BCUT2D eigenvalue weighted by Gasteiger charge is 2.21. The number of carbonyl (C=O) groups is 1. The molecule has 1 aliphatic rings. The SMILES string of the molecule is CON(C)C(=O)c1cccn1C1CCNCC1. The van der Waals surface area contributed by atoms with Gasteiger partial charge in [0.25, 0.3) is 5.91 Å². The molecule has 1 saturated heterocycles. The van der Waals surface area contributed by atoms with Crippen LogP contribution in [-0.2, 0) is 4.84 Å². The summed E-state index contributed by atoms with van der Waals surface area (Å²) in [5, 5.41) is 4.58. The average Bonchev–Trinajstić information content (AvgIpc) is 2.87. The summed E-state index contributed by atoms with van der Waals surface area (Å²) in [4.78, 5) is 17.0. The maximum atomic E-state index is 12.1. The molecule has 1 aromatic heterocycles. The van der Waals surface area contributed by atoms with Crippen LogP contribution in [0.1, 0.15) is 29.4 Å². The molecule has 1 N–H and O–H groups in total. The van der Waals surface area contributed by atoms with E-state index in [1.807, 2.05) is 18.3 Å². The molecule has 0 bridgehead atoms. The van der Waals surface area contributed by atoms with Crippen LogP contribution in [0.2, 0.25) is 0 Å². The number of rotatable bonds is 3. The van der Waals surface area contributed by atoms with Crippen LogP contribution in [-0.4, -0.2) is 42.8 Å². The fourth-order valence-corrected chi connectivity index (χ4v) is 2.22. The Kier molecular flexibility index (Phi) is 3.81. The van der Waals surface area contributed by atoms with Crippen LogP contribution < -0.4 is 5.32 Å². The van der Waals surface area contributed by atoms with Crippen LogP contribution in [0.15, 0.2) is 18.3 Å². The Hall–Kier alpha value is -1.33. The molecule has 0 radical (unpaired) electrons. The van der Waals surface area contributed by atoms with Crippen LogP contribution in [0, 0.1) is 0 Å². The summed E-state index contributed by atoms with van der Waals surface area (Å²) >= 11 is 0. The van der Waals surface area contributed by atoms with E-state index in [-0.39, 0.29) is 5.91 Å². The molecule has 0 atom stereocenters. The van der Waals surface area contributed by atoms with Crippen molar-refractivity contribution >= 4 is 5.91 Å². The molecule has 5 nitrogen and oxygen atoms in total. The zero-order valence-electron chi connectivity index (χ0n) is 10.3. The molecule has 2 heterocycles. The zero-order chi connectivity index (χ0) is 12.3. The second-order valence-corrected chi connectivity index (χ2v) is 4.27. The van der Waals surface area contributed by atoms with E-state index in [0.717, 1.165) is 25.9 Å². The molecular formula is C12H19N3O2. The highest BCUT2D eigenvalue weighted by molar-refractivity contribution is 5.91. The molecule has 0 saturated carbocycles. The van der Waals surface area contributed by atoms with E-state index in [9.17, 15) is 4.79 Å². The van der Waals surface area contributed by atoms with Gasteiger partial charge < -0.3 is 9.88 Å². The zero-order valence-corrected chi connectivity index (χ0v) is 10.3. The van der Waals surface area contributed by atoms with Crippen LogP contribution in [0.25, 0.3) is 0 Å². The second-order valence-electron chi connectivity index (χ2n) is 4.27. The minimum Gasteiger partial charge on any atom is -0.340 e. The van der Waals surface area contributed by atoms with Gasteiger partial charge in [0.1, 0.15) is 5.69 Å². The van der Waals surface area contributed by atoms with Crippen molar-refractivity contribution in [1.29, 1.82) is 0 Å². The average molecular weight is 237 g/mol. The van der Waals surface area contributed by atoms with Gasteiger partial charge in [-0.1, -0.05) is 0 Å². The van der Waals surface area contributed by atoms with Crippen molar-refractivity contribution in [3.8, 4) is 0 Å². The van der Waals surface area contributed by atoms with E-state index in [1.165, 1.54) is 12.2 Å². The topological polar surface area (TPSA) is 46.5 Å². The largest absolute Gasteiger partial charge is 0.340 e. The van der Waals surface area contributed by atoms with Crippen LogP contribution in [0.5, 0.6) is 0 Å². The van der Waals surface area contributed by atoms with E-state index >= 15 is 0 Å². The van der Waals surface area contributed by atoms with Crippen LogP contribution in [0.4, 0.5) is 0 Å². The summed E-state index contributed by atoms with van der Waals surface area (Å²) in [6.07, 6.45) is 4.10. The minimum absolute atomic E-state index is 0.101. The Morgan fingerprint density at radius 3 is 2.88 bits per heavy atom. The molecule has 94 valence electrons. The summed E-state index contributed by atoms with van der Waals surface area (Å²) in [5.41, 5.74) is 0.696. The first kappa shape index (κ1) is 12.1. The van der Waals surface area contributed by atoms with Crippen molar-refractivity contribution in [3.05, 3.63) is 24.0 Å². The quantitative estimate of drug-likeness (QED) is 0.799. The molecule has 1 fully saturated rings. The van der Waals surface area contributed by atoms with Gasteiger partial charge in [-0.05, 0) is 38.1 Å². The van der Waals surface area contributed by atoms with Crippen molar-refractivity contribution in [2.75, 3.05) is 27.2 Å². The monoisotopic (exact) mass is 237 g/mol. The molecule has 2 rings (SSSR count). The fourth-order valence-electron chi connectivity index (χ4n) is 2.22. The van der Waals surface area contributed by atoms with E-state index in [1.54, 1.807) is 7.05 Å². The number of hydroxylamine groups is 2. The maximum absolute atomic E-state index is 12.1. The standard InChI is InChI=1S/C12H19N3O2/c1-14(17-2)12(16)11-4-3-9-15(11)10-5-7-13-8-6-10/h3-4,9-10,13H,5-8H2,1-2H3. The smallest absolute Gasteiger partial charge is 0.293 e. The Balaban J connectivity index is 2.18. The molecule has 5 heteroatoms. The summed E-state index contributed by atoms with van der Waals surface area (Å²) in [6, 6.07) is 4.18. The molecule has 0 unspecified atom stereocenters. The highest BCUT2D eigenvalue weighted by atomic mass is 16.7. The first-order chi connectivity index (χ1) is 8.24. The van der Waals surface area contributed by atoms with Crippen LogP contribution in [0.3, 0.4) is 0 Å². The molecule has 0 aliphatic carbocycles. The summed E-state index contributed by atoms with van der Waals surface area (Å²) in [5.74, 6) is -0.101. The second kappa shape index (κ2) is 5.33. The summed E-state index contributed by atoms with van der Waals surface area (Å²) in [7, 11) is 3.12. The van der Waals surface area contributed by atoms with Gasteiger partial charge in [-0.3, -0.25) is 9.63 Å². The van der Waals surface area contributed by atoms with Crippen molar-refractivity contribution < 1.29 is 9.63 Å². The predicted octanol–water partition coefficient (Wildman–Crippen LogP) is 1.05. The Morgan fingerprint density at radius 1 is 1.53 bits per heavy atom. The number of aromatic nitrogens is 1. The van der Waals surface area contributed by atoms with Gasteiger partial charge in [0, 0.05) is 19.3 Å². The van der Waals surface area contributed by atoms with Crippen molar-refractivity contribution in [1.82, 2.24) is 14.9 Å². The number of amides is 1. The summed E-state index contributed by atoms with van der Waals surface area (Å²) < 4.78 is 2.07. The van der Waals surface area contributed by atoms with Gasteiger partial charge in [-0.25, -0.2) is 5.06 Å². The normalized spacial score (nSPS) is 17.1. The number of nitrogens with one attached hydrogen (secondary N) is 1. The molecule has 0 aromatic carbocycles. The van der Waals surface area contributed by atoms with Crippen molar-refractivity contribution in [2.24, 2.45) is 0 Å². The van der Waals surface area contributed by atoms with Gasteiger partial charge in [0.05, 0.1) is 7.11 Å². The molecule has 0 spiro atoms. The minimum atomic E-state index is -0.101. The number of nitrogens with zero attached hydrogens (tertiary/aromatic N) is 2. The van der Waals surface area contributed by atoms with E-state index in [4.69, 9.17) is 4.84 Å². The van der Waals surface area contributed by atoms with Gasteiger partial charge in [-0.2, -0.15) is 0 Å². The third kappa shape index (κ3) is 2.50. The Bertz CT molecular complexity index is 383. The molecule has 1 aromatic rings. The third-order valence-electron chi connectivity index (χ3n) is 3.26. The number of piperidine rings is 1. The molecule has 1 aliphatic heterocycles. The first-order valence-electron chi connectivity index (χ1n) is 5.93. The van der Waals surface area contributed by atoms with Crippen LogP contribution >= 0.6 is 0 Å². The van der Waals surface area contributed by atoms with Gasteiger partial charge in [0.2, 0.25) is 0 Å². The number of hydrogen-bond acceptors (Lipinski definition) is 3. The lowest BCUT2D eigenvalue weighted by molar-refractivity contribution is -0.0764. The number of carbonyl (C=O) groups excluding carboxylic acids is 1. The maximum Gasteiger partial charge on any atom is 0.293 e. The lowest BCUT2D eigenvalue weighted by Gasteiger charge is -2.26. The van der Waals surface area contributed by atoms with Crippen molar-refractivity contribution in [3.63, 3.8) is 0 Å². The lowest BCUT2D eigenvalue weighted by atomic mass is 10.1. The first-order valence-corrected chi connectivity index (χ1v) is 5.93. The Labute approximate surface area is 101 Å². The summed E-state index contributed by atoms with van der Waals surface area (Å²) in [6.45, 7) is 2.02.